The minimum absolute atomic E-state index is 0.0303. The summed E-state index contributed by atoms with van der Waals surface area (Å²) in [4.78, 5) is 12.5. The van der Waals surface area contributed by atoms with Crippen LogP contribution in [0.4, 0.5) is 0 Å². The summed E-state index contributed by atoms with van der Waals surface area (Å²) in [5, 5.41) is 3.05. The molecule has 0 spiro atoms. The molecule has 3 N–H and O–H groups in total. The van der Waals surface area contributed by atoms with Gasteiger partial charge in [0.05, 0.1) is 10.9 Å². The molecule has 0 heterocycles. The van der Waals surface area contributed by atoms with Crippen LogP contribution in [-0.2, 0) is 11.2 Å². The molecule has 1 aliphatic rings. The van der Waals surface area contributed by atoms with E-state index in [1.54, 1.807) is 0 Å². The topological polar surface area (TPSA) is 55.1 Å². The molecule has 2 rings (SSSR count). The standard InChI is InChI=1S/C15H20N2OS/c1-2-11-9-13(11)17-15(18)12(14(16)19)8-10-6-4-3-5-7-10/h3-7,11-13H,2,8-9H2,1H3,(H2,16,19)(H,17,18). The Hall–Kier alpha value is -1.42. The van der Waals surface area contributed by atoms with Crippen LogP contribution in [0.15, 0.2) is 30.3 Å². The molecule has 1 fully saturated rings. The Kier molecular flexibility index (Phi) is 4.53. The van der Waals surface area contributed by atoms with Crippen molar-refractivity contribution in [3.8, 4) is 0 Å². The largest absolute Gasteiger partial charge is 0.393 e. The van der Waals surface area contributed by atoms with E-state index in [9.17, 15) is 4.79 Å². The second kappa shape index (κ2) is 6.15. The van der Waals surface area contributed by atoms with Gasteiger partial charge in [0.15, 0.2) is 0 Å². The molecule has 0 bridgehead atoms. The summed E-state index contributed by atoms with van der Waals surface area (Å²) in [5.41, 5.74) is 6.80. The normalized spacial score (nSPS) is 22.6. The third-order valence-electron chi connectivity index (χ3n) is 3.72. The molecule has 3 atom stereocenters. The van der Waals surface area contributed by atoms with Crippen molar-refractivity contribution in [3.63, 3.8) is 0 Å². The van der Waals surface area contributed by atoms with E-state index in [1.807, 2.05) is 30.3 Å². The van der Waals surface area contributed by atoms with E-state index < -0.39 is 5.92 Å². The Morgan fingerprint density at radius 3 is 2.68 bits per heavy atom. The Balaban J connectivity index is 1.96. The van der Waals surface area contributed by atoms with Gasteiger partial charge in [0.25, 0.3) is 0 Å². The Bertz CT molecular complexity index is 460. The SMILES string of the molecule is CCC1CC1NC(=O)C(Cc1ccccc1)C(N)=S. The van der Waals surface area contributed by atoms with E-state index in [1.165, 1.54) is 0 Å². The molecule has 1 saturated carbocycles. The molecule has 102 valence electrons. The van der Waals surface area contributed by atoms with E-state index in [2.05, 4.69) is 12.2 Å². The monoisotopic (exact) mass is 276 g/mol. The summed E-state index contributed by atoms with van der Waals surface area (Å²) in [6.45, 7) is 2.14. The molecule has 1 aromatic carbocycles. The number of nitrogens with one attached hydrogen (secondary N) is 1. The van der Waals surface area contributed by atoms with Crippen LogP contribution >= 0.6 is 12.2 Å². The minimum atomic E-state index is -0.407. The summed E-state index contributed by atoms with van der Waals surface area (Å²) >= 11 is 5.04. The average molecular weight is 276 g/mol. The van der Waals surface area contributed by atoms with Crippen LogP contribution < -0.4 is 11.1 Å². The van der Waals surface area contributed by atoms with Crippen molar-refractivity contribution in [2.45, 2.75) is 32.2 Å². The van der Waals surface area contributed by atoms with E-state index >= 15 is 0 Å². The van der Waals surface area contributed by atoms with E-state index in [4.69, 9.17) is 18.0 Å². The molecular formula is C15H20N2OS. The smallest absolute Gasteiger partial charge is 0.230 e. The molecule has 1 amide bonds. The van der Waals surface area contributed by atoms with Gasteiger partial charge in [-0.25, -0.2) is 0 Å². The lowest BCUT2D eigenvalue weighted by Gasteiger charge is -2.15. The number of carbonyl (C=O) groups is 1. The van der Waals surface area contributed by atoms with Gasteiger partial charge in [-0.2, -0.15) is 0 Å². The second-order valence-electron chi connectivity index (χ2n) is 5.16. The van der Waals surface area contributed by atoms with Gasteiger partial charge in [-0.15, -0.1) is 0 Å². The Labute approximate surface area is 119 Å². The summed E-state index contributed by atoms with van der Waals surface area (Å²) in [7, 11) is 0. The van der Waals surface area contributed by atoms with Crippen molar-refractivity contribution in [1.29, 1.82) is 0 Å². The number of hydrogen-bond donors (Lipinski definition) is 2. The maximum absolute atomic E-state index is 12.2. The zero-order chi connectivity index (χ0) is 13.8. The lowest BCUT2D eigenvalue weighted by Crippen LogP contribution is -2.40. The average Bonchev–Trinajstić information content (AvgIpc) is 3.15. The highest BCUT2D eigenvalue weighted by Gasteiger charge is 2.38. The van der Waals surface area contributed by atoms with Crippen LogP contribution in [0, 0.1) is 11.8 Å². The van der Waals surface area contributed by atoms with Gasteiger partial charge in [0, 0.05) is 6.04 Å². The molecule has 4 heteroatoms. The number of carbonyl (C=O) groups excluding carboxylic acids is 1. The predicted octanol–water partition coefficient (Wildman–Crippen LogP) is 2.05. The van der Waals surface area contributed by atoms with Crippen LogP contribution in [0.1, 0.15) is 25.3 Å². The Morgan fingerprint density at radius 1 is 1.47 bits per heavy atom. The molecule has 0 aromatic heterocycles. The van der Waals surface area contributed by atoms with Crippen molar-refractivity contribution in [2.75, 3.05) is 0 Å². The molecule has 0 aliphatic heterocycles. The van der Waals surface area contributed by atoms with Gasteiger partial charge in [0.1, 0.15) is 0 Å². The van der Waals surface area contributed by atoms with Crippen LogP contribution in [0.2, 0.25) is 0 Å². The first-order valence-electron chi connectivity index (χ1n) is 6.75. The van der Waals surface area contributed by atoms with E-state index in [0.29, 0.717) is 18.4 Å². The van der Waals surface area contributed by atoms with Gasteiger partial charge in [-0.1, -0.05) is 55.9 Å². The summed E-state index contributed by atoms with van der Waals surface area (Å²) in [6, 6.07) is 10.2. The van der Waals surface area contributed by atoms with Gasteiger partial charge in [-0.05, 0) is 24.3 Å². The van der Waals surface area contributed by atoms with Crippen LogP contribution in [-0.4, -0.2) is 16.9 Å². The summed E-state index contributed by atoms with van der Waals surface area (Å²) in [6.07, 6.45) is 2.77. The Morgan fingerprint density at radius 2 is 2.16 bits per heavy atom. The van der Waals surface area contributed by atoms with Crippen molar-refractivity contribution in [1.82, 2.24) is 5.32 Å². The quantitative estimate of drug-likeness (QED) is 0.782. The highest BCUT2D eigenvalue weighted by molar-refractivity contribution is 7.80. The number of amides is 1. The third kappa shape index (κ3) is 3.77. The zero-order valence-electron chi connectivity index (χ0n) is 11.1. The first-order valence-corrected chi connectivity index (χ1v) is 7.16. The maximum Gasteiger partial charge on any atom is 0.230 e. The summed E-state index contributed by atoms with van der Waals surface area (Å²) < 4.78 is 0. The number of thiocarbonyl (C=S) groups is 1. The molecule has 1 aromatic rings. The maximum atomic E-state index is 12.2. The predicted molar refractivity (Wildman–Crippen MR) is 80.8 cm³/mol. The minimum Gasteiger partial charge on any atom is -0.393 e. The lowest BCUT2D eigenvalue weighted by atomic mass is 9.98. The fourth-order valence-corrected chi connectivity index (χ4v) is 2.52. The van der Waals surface area contributed by atoms with Gasteiger partial charge < -0.3 is 11.1 Å². The van der Waals surface area contributed by atoms with Crippen molar-refractivity contribution >= 4 is 23.1 Å². The molecule has 0 radical (unpaired) electrons. The molecule has 1 aliphatic carbocycles. The zero-order valence-corrected chi connectivity index (χ0v) is 12.0. The van der Waals surface area contributed by atoms with Crippen LogP contribution in [0.3, 0.4) is 0 Å². The summed E-state index contributed by atoms with van der Waals surface area (Å²) in [5.74, 6) is 0.195. The third-order valence-corrected chi connectivity index (χ3v) is 4.00. The molecule has 19 heavy (non-hydrogen) atoms. The molecule has 0 saturated heterocycles. The lowest BCUT2D eigenvalue weighted by molar-refractivity contribution is -0.123. The fourth-order valence-electron chi connectivity index (χ4n) is 2.33. The molecular weight excluding hydrogens is 256 g/mol. The highest BCUT2D eigenvalue weighted by atomic mass is 32.1. The van der Waals surface area contributed by atoms with Crippen molar-refractivity contribution in [2.24, 2.45) is 17.6 Å². The first-order chi connectivity index (χ1) is 9.11. The first kappa shape index (κ1) is 14.0. The van der Waals surface area contributed by atoms with Gasteiger partial charge in [-0.3, -0.25) is 4.79 Å². The number of benzene rings is 1. The highest BCUT2D eigenvalue weighted by Crippen LogP contribution is 2.33. The van der Waals surface area contributed by atoms with E-state index in [-0.39, 0.29) is 10.9 Å². The van der Waals surface area contributed by atoms with Crippen molar-refractivity contribution < 1.29 is 4.79 Å². The molecule has 3 nitrogen and oxygen atoms in total. The van der Waals surface area contributed by atoms with Gasteiger partial charge in [0.2, 0.25) is 5.91 Å². The fraction of sp³-hybridized carbons (Fsp3) is 0.467. The number of rotatable bonds is 6. The number of hydrogen-bond acceptors (Lipinski definition) is 2. The van der Waals surface area contributed by atoms with Crippen molar-refractivity contribution in [3.05, 3.63) is 35.9 Å². The van der Waals surface area contributed by atoms with Crippen LogP contribution in [0.5, 0.6) is 0 Å². The van der Waals surface area contributed by atoms with E-state index in [0.717, 1.165) is 18.4 Å². The molecule has 3 unspecified atom stereocenters. The number of nitrogens with two attached hydrogens (primary N) is 1. The van der Waals surface area contributed by atoms with Gasteiger partial charge >= 0.3 is 0 Å². The van der Waals surface area contributed by atoms with Crippen LogP contribution in [0.25, 0.3) is 0 Å². The second-order valence-corrected chi connectivity index (χ2v) is 5.64.